The van der Waals surface area contributed by atoms with E-state index in [1.807, 2.05) is 0 Å². The Kier molecular flexibility index (Phi) is 6.90. The Morgan fingerprint density at radius 3 is 2.69 bits per heavy atom. The molecule has 0 spiro atoms. The van der Waals surface area contributed by atoms with Crippen molar-refractivity contribution in [1.29, 1.82) is 0 Å². The first-order valence-corrected chi connectivity index (χ1v) is 12.2. The van der Waals surface area contributed by atoms with Gasteiger partial charge in [0.1, 0.15) is 23.9 Å². The molecule has 5 rings (SSSR count). The molecule has 0 aliphatic carbocycles. The Labute approximate surface area is 211 Å². The third-order valence-electron chi connectivity index (χ3n) is 6.78. The number of ether oxygens (including phenoxy) is 3. The van der Waals surface area contributed by atoms with Crippen LogP contribution >= 0.6 is 23.2 Å². The van der Waals surface area contributed by atoms with Crippen LogP contribution in [0.4, 0.5) is 4.39 Å². The zero-order chi connectivity index (χ0) is 24.7. The van der Waals surface area contributed by atoms with Crippen LogP contribution in [0, 0.1) is 11.7 Å². The van der Waals surface area contributed by atoms with E-state index < -0.39 is 18.0 Å². The first-order chi connectivity index (χ1) is 16.8. The van der Waals surface area contributed by atoms with Crippen molar-refractivity contribution in [2.45, 2.75) is 56.1 Å². The van der Waals surface area contributed by atoms with Crippen molar-refractivity contribution < 1.29 is 33.3 Å². The molecule has 2 saturated heterocycles. The van der Waals surface area contributed by atoms with Crippen molar-refractivity contribution >= 4 is 34.9 Å². The molecular weight excluding hydrogens is 500 g/mol. The van der Waals surface area contributed by atoms with Crippen molar-refractivity contribution in [3.8, 4) is 11.5 Å². The van der Waals surface area contributed by atoms with Gasteiger partial charge in [-0.25, -0.2) is 4.39 Å². The minimum absolute atomic E-state index is 0.00888. The van der Waals surface area contributed by atoms with Gasteiger partial charge in [-0.1, -0.05) is 23.2 Å². The minimum Gasteiger partial charge on any atom is -0.486 e. The van der Waals surface area contributed by atoms with Gasteiger partial charge in [-0.05, 0) is 49.1 Å². The lowest BCUT2D eigenvalue weighted by molar-refractivity contribution is -0.131. The quantitative estimate of drug-likeness (QED) is 0.569. The van der Waals surface area contributed by atoms with Gasteiger partial charge < -0.3 is 24.6 Å². The summed E-state index contributed by atoms with van der Waals surface area (Å²) < 4.78 is 30.7. The molecule has 0 aromatic heterocycles. The summed E-state index contributed by atoms with van der Waals surface area (Å²) in [5.41, 5.74) is 0.572. The lowest BCUT2D eigenvalue weighted by Crippen LogP contribution is -2.49. The summed E-state index contributed by atoms with van der Waals surface area (Å²) in [6.07, 6.45) is -0.317. The van der Waals surface area contributed by atoms with Crippen molar-refractivity contribution in [2.75, 3.05) is 6.61 Å². The van der Waals surface area contributed by atoms with Gasteiger partial charge in [0.25, 0.3) is 5.91 Å². The molecule has 2 N–H and O–H groups in total. The molecule has 186 valence electrons. The van der Waals surface area contributed by atoms with Gasteiger partial charge in [0.05, 0.1) is 29.4 Å². The highest BCUT2D eigenvalue weighted by Crippen LogP contribution is 2.41. The zero-order valence-corrected chi connectivity index (χ0v) is 20.1. The maximum atomic E-state index is 13.5. The number of benzene rings is 2. The SMILES string of the molecule is O=C(COc1ccc(Cl)c(F)c1)C[C@@H]1C[C@@H]2O[C@H]1C[C@H]2NC(=O)[C@@H]1C[C@@H](O)c2cc(Cl)ccc2O1. The number of aliphatic hydroxyl groups is 1. The van der Waals surface area contributed by atoms with Crippen molar-refractivity contribution in [2.24, 2.45) is 5.92 Å². The predicted octanol–water partition coefficient (Wildman–Crippen LogP) is 4.02. The zero-order valence-electron chi connectivity index (χ0n) is 18.6. The highest BCUT2D eigenvalue weighted by Gasteiger charge is 2.48. The Bertz CT molecular complexity index is 1150. The standard InChI is InChI=1S/C25H24Cl2FNO6/c26-13-1-4-21-16(7-13)20(31)10-24(34-21)25(32)29-19-9-22-12(6-23(19)35-22)5-14(30)11-33-15-2-3-17(27)18(28)8-15/h1-4,7-8,12,19-20,22-24,31H,5-6,9-11H2,(H,29,32)/t12-,19-,20-,22+,23+,24+/m1/s1. The molecule has 2 aromatic rings. The van der Waals surface area contributed by atoms with Crippen LogP contribution in [-0.2, 0) is 14.3 Å². The van der Waals surface area contributed by atoms with Crippen LogP contribution < -0.4 is 14.8 Å². The van der Waals surface area contributed by atoms with E-state index >= 15 is 0 Å². The van der Waals surface area contributed by atoms with Crippen LogP contribution in [0.1, 0.15) is 37.4 Å². The first kappa shape index (κ1) is 24.3. The molecule has 2 bridgehead atoms. The highest BCUT2D eigenvalue weighted by atomic mass is 35.5. The van der Waals surface area contributed by atoms with Crippen LogP contribution in [0.5, 0.6) is 11.5 Å². The van der Waals surface area contributed by atoms with E-state index in [-0.39, 0.29) is 66.1 Å². The normalized spacial score (nSPS) is 28.8. The molecule has 10 heteroatoms. The number of fused-ring (bicyclic) bond motifs is 3. The van der Waals surface area contributed by atoms with Gasteiger partial charge in [-0.3, -0.25) is 9.59 Å². The van der Waals surface area contributed by atoms with Gasteiger partial charge in [0.2, 0.25) is 0 Å². The van der Waals surface area contributed by atoms with Gasteiger partial charge >= 0.3 is 0 Å². The Balaban J connectivity index is 1.09. The van der Waals surface area contributed by atoms with Crippen LogP contribution in [0.15, 0.2) is 36.4 Å². The average molecular weight is 524 g/mol. The second-order valence-electron chi connectivity index (χ2n) is 9.21. The van der Waals surface area contributed by atoms with E-state index in [2.05, 4.69) is 5.32 Å². The third-order valence-corrected chi connectivity index (χ3v) is 7.33. The van der Waals surface area contributed by atoms with E-state index in [4.69, 9.17) is 37.4 Å². The second-order valence-corrected chi connectivity index (χ2v) is 10.1. The fourth-order valence-electron chi connectivity index (χ4n) is 5.05. The number of rotatable bonds is 7. The van der Waals surface area contributed by atoms with E-state index in [0.717, 1.165) is 6.07 Å². The van der Waals surface area contributed by atoms with Crippen molar-refractivity contribution in [1.82, 2.24) is 5.32 Å². The van der Waals surface area contributed by atoms with Crippen LogP contribution in [-0.4, -0.2) is 47.8 Å². The smallest absolute Gasteiger partial charge is 0.261 e. The van der Waals surface area contributed by atoms with Crippen molar-refractivity contribution in [3.05, 3.63) is 57.8 Å². The number of hydrogen-bond donors (Lipinski definition) is 2. The topological polar surface area (TPSA) is 94.1 Å². The van der Waals surface area contributed by atoms with Gasteiger partial charge in [-0.2, -0.15) is 0 Å². The number of ketones is 1. The maximum absolute atomic E-state index is 13.5. The van der Waals surface area contributed by atoms with Crippen LogP contribution in [0.3, 0.4) is 0 Å². The highest BCUT2D eigenvalue weighted by molar-refractivity contribution is 6.31. The largest absolute Gasteiger partial charge is 0.486 e. The molecular formula is C25H24Cl2FNO6. The second kappa shape index (κ2) is 9.93. The maximum Gasteiger partial charge on any atom is 0.261 e. The van der Waals surface area contributed by atoms with E-state index in [0.29, 0.717) is 29.2 Å². The van der Waals surface area contributed by atoms with Crippen molar-refractivity contribution in [3.63, 3.8) is 0 Å². The molecule has 35 heavy (non-hydrogen) atoms. The summed E-state index contributed by atoms with van der Waals surface area (Å²) in [7, 11) is 0. The lowest BCUT2D eigenvalue weighted by Gasteiger charge is -2.31. The number of aliphatic hydroxyl groups excluding tert-OH is 1. The molecule has 3 heterocycles. The summed E-state index contributed by atoms with van der Waals surface area (Å²) >= 11 is 11.6. The summed E-state index contributed by atoms with van der Waals surface area (Å²) in [6, 6.07) is 8.79. The molecule has 2 fully saturated rings. The summed E-state index contributed by atoms with van der Waals surface area (Å²) in [5, 5.41) is 13.9. The Morgan fingerprint density at radius 1 is 1.11 bits per heavy atom. The van der Waals surface area contributed by atoms with E-state index in [1.54, 1.807) is 18.2 Å². The summed E-state index contributed by atoms with van der Waals surface area (Å²) in [4.78, 5) is 25.2. The molecule has 7 nitrogen and oxygen atoms in total. The molecule has 1 amide bonds. The Morgan fingerprint density at radius 2 is 1.94 bits per heavy atom. The minimum atomic E-state index is -0.841. The van der Waals surface area contributed by atoms with E-state index in [1.165, 1.54) is 12.1 Å². The van der Waals surface area contributed by atoms with Gasteiger partial charge in [-0.15, -0.1) is 0 Å². The number of Topliss-reactive ketones (excluding diaryl/α,β-unsaturated/α-hetero) is 1. The van der Waals surface area contributed by atoms with Gasteiger partial charge in [0, 0.05) is 29.5 Å². The van der Waals surface area contributed by atoms with Gasteiger partial charge in [0.15, 0.2) is 11.9 Å². The molecule has 2 aromatic carbocycles. The number of hydrogen-bond acceptors (Lipinski definition) is 6. The molecule has 3 aliphatic rings. The average Bonchev–Trinajstić information content (AvgIpc) is 3.40. The van der Waals surface area contributed by atoms with E-state index in [9.17, 15) is 19.1 Å². The summed E-state index contributed by atoms with van der Waals surface area (Å²) in [5.74, 6) is -0.288. The molecule has 0 radical (unpaired) electrons. The fraction of sp³-hybridized carbons (Fsp3) is 0.440. The first-order valence-electron chi connectivity index (χ1n) is 11.5. The predicted molar refractivity (Wildman–Crippen MR) is 125 cm³/mol. The van der Waals surface area contributed by atoms with Crippen LogP contribution in [0.25, 0.3) is 0 Å². The number of halogens is 3. The Hall–Kier alpha value is -2.39. The molecule has 3 aliphatic heterocycles. The molecule has 0 saturated carbocycles. The number of carbonyl (C=O) groups is 2. The number of amides is 1. The van der Waals surface area contributed by atoms with Crippen LogP contribution in [0.2, 0.25) is 10.0 Å². The number of nitrogens with one attached hydrogen (secondary N) is 1. The molecule has 0 unspecified atom stereocenters. The monoisotopic (exact) mass is 523 g/mol. The molecule has 6 atom stereocenters. The fourth-order valence-corrected chi connectivity index (χ4v) is 5.35. The lowest BCUT2D eigenvalue weighted by atomic mass is 9.83. The third kappa shape index (κ3) is 5.26. The summed E-state index contributed by atoms with van der Waals surface area (Å²) in [6.45, 7) is -0.164. The number of carbonyl (C=O) groups excluding carboxylic acids is 2.